The average molecular weight is 803 g/mol. The summed E-state index contributed by atoms with van der Waals surface area (Å²) in [5, 5.41) is 2.62. The second-order valence-corrected chi connectivity index (χ2v) is 7.72. The molecule has 2 unspecified atom stereocenters. The Kier molecular flexibility index (Phi) is 37.5. The number of carbonyl (C=O) groups excluding carboxylic acids is 4. The molecule has 2 atom stereocenters. The monoisotopic (exact) mass is 803 g/mol. The molecule has 0 saturated heterocycles. The first-order chi connectivity index (χ1) is 11.3. The molecule has 0 aliphatic heterocycles. The van der Waals surface area contributed by atoms with Gasteiger partial charge in [0, 0.05) is 32.7 Å². The Balaban J connectivity index is -0.000000148. The molecule has 0 heterocycles. The van der Waals surface area contributed by atoms with Crippen molar-refractivity contribution in [3.05, 3.63) is 12.8 Å². The normalized spacial score (nSPS) is 10.9. The van der Waals surface area contributed by atoms with E-state index < -0.39 is 12.1 Å². The predicted octanol–water partition coefficient (Wildman–Crippen LogP) is 1.32. The Morgan fingerprint density at radius 3 is 2.16 bits per heavy atom. The summed E-state index contributed by atoms with van der Waals surface area (Å²) in [6, 6.07) is -1.16. The number of nitrogens with one attached hydrogen (secondary N) is 2. The fraction of sp³-hybridized carbons (Fsp3) is 0.583. The molecule has 0 bridgehead atoms. The molecule has 8 nitrogen and oxygen atoms in total. The standard InChI is InChI=1S/C6H9NO2S2.C5H7N2O2.CH2N.2W.Y/c1-5(9)6(7)4-11-10-3-2-8;1-7-4(3-8)2-5(6)9;1-2;;;/h6-7H,3-4H2,1H3;4,7H,2H2,1H3;1H2;;;/q-2;2*-1;;;. The van der Waals surface area contributed by atoms with Crippen molar-refractivity contribution in [1.82, 2.24) is 5.32 Å². The smallest absolute Gasteiger partial charge is 0 e. The van der Waals surface area contributed by atoms with Gasteiger partial charge in [0.05, 0.1) is 0 Å². The molecule has 0 aliphatic rings. The van der Waals surface area contributed by atoms with Crippen LogP contribution in [0.2, 0.25) is 0 Å². The molecule has 0 aromatic carbocycles. The minimum atomic E-state index is -0.654. The second kappa shape index (κ2) is 27.6. The van der Waals surface area contributed by atoms with E-state index in [1.807, 2.05) is 0 Å². The van der Waals surface area contributed by atoms with Gasteiger partial charge in [0.2, 0.25) is 0 Å². The van der Waals surface area contributed by atoms with Crippen LogP contribution in [0.4, 0.5) is 0 Å². The van der Waals surface area contributed by atoms with Crippen molar-refractivity contribution in [2.45, 2.75) is 25.4 Å². The molecule has 0 rings (SSSR count). The van der Waals surface area contributed by atoms with E-state index in [1.54, 1.807) is 19.6 Å². The van der Waals surface area contributed by atoms with Crippen molar-refractivity contribution < 1.29 is 91.1 Å². The van der Waals surface area contributed by atoms with Gasteiger partial charge in [-0.25, -0.2) is 0 Å². The first kappa shape index (κ1) is 33.9. The van der Waals surface area contributed by atoms with Crippen LogP contribution in [0.1, 0.15) is 13.3 Å². The number of amides is 1. The summed E-state index contributed by atoms with van der Waals surface area (Å²) >= 11 is 2.05. The number of carbonyl (C=O) groups is 2. The summed E-state index contributed by atoms with van der Waals surface area (Å²) in [4.78, 5) is 40.8. The fourth-order valence-corrected chi connectivity index (χ4v) is 2.67. The molecule has 0 saturated carbocycles. The van der Waals surface area contributed by atoms with Gasteiger partial charge in [-0.05, 0) is 12.7 Å². The topological polar surface area (TPSA) is 129 Å². The van der Waals surface area contributed by atoms with Crippen LogP contribution < -0.4 is 5.32 Å². The molecule has 13 heteroatoms. The molecule has 1 amide bonds. The number of rotatable bonds is 10. The van der Waals surface area contributed by atoms with E-state index in [0.29, 0.717) is 11.5 Å². The molecule has 0 aliphatic carbocycles. The van der Waals surface area contributed by atoms with Gasteiger partial charge >= 0.3 is 99.9 Å². The van der Waals surface area contributed by atoms with Crippen LogP contribution in [-0.4, -0.2) is 54.9 Å². The SMILES string of the molecule is CC(=O)C([NH-])CSSC[C-]=O.CNC([C-]=O)CC(=O)[N]=[W].[CH2-][N]=[W].[Y]. The molecular weight excluding hydrogens is 785 g/mol. The van der Waals surface area contributed by atoms with Crippen LogP contribution in [0.25, 0.3) is 5.73 Å². The van der Waals surface area contributed by atoms with Gasteiger partial charge in [-0.3, -0.25) is 6.29 Å². The minimum Gasteiger partial charge on any atom is 0 e. The van der Waals surface area contributed by atoms with Crippen LogP contribution in [0.3, 0.4) is 0 Å². The number of hydrogen-bond acceptors (Lipinski definition) is 8. The van der Waals surface area contributed by atoms with E-state index in [2.05, 4.69) is 19.4 Å². The van der Waals surface area contributed by atoms with Crippen LogP contribution >= 0.6 is 21.6 Å². The van der Waals surface area contributed by atoms with E-state index in [9.17, 15) is 19.2 Å². The van der Waals surface area contributed by atoms with Crippen molar-refractivity contribution in [3.63, 3.8) is 0 Å². The van der Waals surface area contributed by atoms with E-state index >= 15 is 0 Å². The number of ketones is 1. The zero-order valence-corrected chi connectivity index (χ0v) is 24.1. The number of nitrogens with zero attached hydrogens (tertiary/aromatic N) is 2. The Labute approximate surface area is 203 Å². The van der Waals surface area contributed by atoms with Gasteiger partial charge in [0.15, 0.2) is 0 Å². The zero-order valence-electron chi connectivity index (χ0n) is 13.7. The van der Waals surface area contributed by atoms with Gasteiger partial charge < -0.3 is 15.3 Å². The quantitative estimate of drug-likeness (QED) is 0.201. The first-order valence-electron chi connectivity index (χ1n) is 6.14. The molecule has 0 aromatic rings. The Hall–Kier alpha value is 1.38. The van der Waals surface area contributed by atoms with E-state index in [4.69, 9.17) is 5.73 Å². The van der Waals surface area contributed by atoms with Crippen LogP contribution in [-0.2, 0) is 91.1 Å². The predicted molar refractivity (Wildman–Crippen MR) is 87.8 cm³/mol. The Morgan fingerprint density at radius 1 is 1.32 bits per heavy atom. The number of hydrogen-bond donors (Lipinski definition) is 1. The van der Waals surface area contributed by atoms with Crippen molar-refractivity contribution >= 4 is 45.9 Å². The first-order valence-corrected chi connectivity index (χ1v) is 11.3. The van der Waals surface area contributed by atoms with E-state index in [1.165, 1.54) is 48.1 Å². The van der Waals surface area contributed by atoms with Crippen LogP contribution in [0.15, 0.2) is 6.99 Å². The fourth-order valence-electron chi connectivity index (χ4n) is 0.714. The van der Waals surface area contributed by atoms with Gasteiger partial charge in [-0.15, -0.1) is 10.8 Å². The number of Topliss-reactive ketones (excluding diaryl/α,β-unsaturated/α-hetero) is 1. The zero-order chi connectivity index (χ0) is 19.4. The molecule has 0 aromatic heterocycles. The average Bonchev–Trinajstić information content (AvgIpc) is 2.57. The largest absolute Gasteiger partial charge is 0 e. The van der Waals surface area contributed by atoms with Gasteiger partial charge in [0.25, 0.3) is 0 Å². The third-order valence-electron chi connectivity index (χ3n) is 1.90. The summed E-state index contributed by atoms with van der Waals surface area (Å²) < 4.78 is 6.78. The number of likely N-dealkylation sites (N-methyl/N-ethyl adjacent to an activating group) is 1. The molecule has 141 valence electrons. The van der Waals surface area contributed by atoms with Crippen molar-refractivity contribution in [3.8, 4) is 0 Å². The Morgan fingerprint density at radius 2 is 1.84 bits per heavy atom. The van der Waals surface area contributed by atoms with Gasteiger partial charge in [0.1, 0.15) is 5.78 Å². The third-order valence-corrected chi connectivity index (χ3v) is 4.76. The van der Waals surface area contributed by atoms with E-state index in [0.717, 1.165) is 19.6 Å². The summed E-state index contributed by atoms with van der Waals surface area (Å²) in [5.41, 5.74) is 7.18. The molecular formula is C12H18N4O4S2W2Y-4. The van der Waals surface area contributed by atoms with Crippen molar-refractivity contribution in [2.75, 3.05) is 18.6 Å². The summed E-state index contributed by atoms with van der Waals surface area (Å²) in [5.74, 6) is 0.364. The molecule has 0 fully saturated rings. The van der Waals surface area contributed by atoms with Crippen LogP contribution in [0.5, 0.6) is 0 Å². The maximum Gasteiger partial charge on any atom is 0 e. The summed E-state index contributed by atoms with van der Waals surface area (Å²) in [6.07, 6.45) is 3.52. The molecule has 25 heavy (non-hydrogen) atoms. The molecule has 0 spiro atoms. The minimum absolute atomic E-state index is 0. The van der Waals surface area contributed by atoms with Gasteiger partial charge in [-0.1, -0.05) is 22.6 Å². The maximum absolute atomic E-state index is 10.6. The third kappa shape index (κ3) is 30.4. The molecule has 1 radical (unpaired) electrons. The summed E-state index contributed by atoms with van der Waals surface area (Å²) in [6.45, 7) is 1.40. The Bertz CT molecular complexity index is 409. The second-order valence-electron chi connectivity index (χ2n) is 3.63. The summed E-state index contributed by atoms with van der Waals surface area (Å²) in [7, 11) is 7.43. The van der Waals surface area contributed by atoms with Crippen LogP contribution in [0, 0.1) is 7.05 Å². The molecule has 2 N–H and O–H groups in total. The van der Waals surface area contributed by atoms with Crippen molar-refractivity contribution in [1.29, 1.82) is 0 Å². The van der Waals surface area contributed by atoms with Gasteiger partial charge in [-0.2, -0.15) is 0 Å². The maximum atomic E-state index is 10.6. The van der Waals surface area contributed by atoms with Crippen molar-refractivity contribution in [2.24, 2.45) is 6.99 Å². The van der Waals surface area contributed by atoms with E-state index in [-0.39, 0.29) is 50.8 Å².